The van der Waals surface area contributed by atoms with Gasteiger partial charge in [0.1, 0.15) is 17.2 Å². The van der Waals surface area contributed by atoms with Gasteiger partial charge in [-0.15, -0.1) is 0 Å². The molecule has 3 aromatic rings. The molecule has 0 radical (unpaired) electrons. The number of carbonyl (C=O) groups excluding carboxylic acids is 1. The number of Topliss-reactive ketones (excluding diaryl/α,β-unsaturated/α-hetero) is 1. The van der Waals surface area contributed by atoms with Crippen molar-refractivity contribution in [3.63, 3.8) is 0 Å². The topological polar surface area (TPSA) is 46.3 Å². The zero-order valence-corrected chi connectivity index (χ0v) is 18.3. The SMILES string of the molecule is O=C(C1CCCCC1)C(CCN1C=C(c2ccc(F)c3ccoc23)CC1)c1ccccn1. The van der Waals surface area contributed by atoms with E-state index in [0.717, 1.165) is 68.4 Å². The van der Waals surface area contributed by atoms with Crippen molar-refractivity contribution in [2.75, 3.05) is 13.1 Å². The Hall–Kier alpha value is -2.95. The first-order chi connectivity index (χ1) is 15.7. The molecule has 3 heterocycles. The molecular formula is C27H29FN2O2. The van der Waals surface area contributed by atoms with Gasteiger partial charge in [0.2, 0.25) is 0 Å². The van der Waals surface area contributed by atoms with Gasteiger partial charge in [-0.1, -0.05) is 25.3 Å². The molecular weight excluding hydrogens is 403 g/mol. The minimum atomic E-state index is -0.257. The zero-order chi connectivity index (χ0) is 21.9. The van der Waals surface area contributed by atoms with Gasteiger partial charge in [0, 0.05) is 37.0 Å². The van der Waals surface area contributed by atoms with Crippen LogP contribution >= 0.6 is 0 Å². The summed E-state index contributed by atoms with van der Waals surface area (Å²) >= 11 is 0. The third kappa shape index (κ3) is 4.21. The molecule has 2 aromatic heterocycles. The number of ketones is 1. The summed E-state index contributed by atoms with van der Waals surface area (Å²) in [5.41, 5.74) is 3.60. The highest BCUT2D eigenvalue weighted by molar-refractivity contribution is 5.90. The van der Waals surface area contributed by atoms with Gasteiger partial charge in [-0.2, -0.15) is 0 Å². The standard InChI is InChI=1S/C27H29FN2O2/c28-24-10-9-21(27-22(24)13-17-32-27)20-11-15-30(18-20)16-12-23(25-8-4-5-14-29-25)26(31)19-6-2-1-3-7-19/h4-5,8-10,13-14,17-19,23H,1-3,6-7,11-12,15-16H2. The van der Waals surface area contributed by atoms with Crippen molar-refractivity contribution in [2.24, 2.45) is 5.92 Å². The van der Waals surface area contributed by atoms with E-state index in [1.54, 1.807) is 24.6 Å². The molecule has 1 aliphatic carbocycles. The normalized spacial score (nSPS) is 18.2. The average Bonchev–Trinajstić information content (AvgIpc) is 3.51. The van der Waals surface area contributed by atoms with Crippen molar-refractivity contribution < 1.29 is 13.6 Å². The van der Waals surface area contributed by atoms with Crippen molar-refractivity contribution in [3.8, 4) is 0 Å². The van der Waals surface area contributed by atoms with Crippen LogP contribution < -0.4 is 0 Å². The lowest BCUT2D eigenvalue weighted by molar-refractivity contribution is -0.125. The molecule has 1 saturated carbocycles. The summed E-state index contributed by atoms with van der Waals surface area (Å²) in [7, 11) is 0. The summed E-state index contributed by atoms with van der Waals surface area (Å²) in [4.78, 5) is 20.2. The molecule has 2 aliphatic rings. The Morgan fingerprint density at radius 2 is 2.03 bits per heavy atom. The van der Waals surface area contributed by atoms with Crippen LogP contribution in [0.4, 0.5) is 4.39 Å². The third-order valence-electron chi connectivity index (χ3n) is 7.02. The van der Waals surface area contributed by atoms with E-state index in [-0.39, 0.29) is 17.7 Å². The van der Waals surface area contributed by atoms with E-state index in [1.165, 1.54) is 12.5 Å². The fraction of sp³-hybridized carbons (Fsp3) is 0.407. The summed E-state index contributed by atoms with van der Waals surface area (Å²) < 4.78 is 19.6. The van der Waals surface area contributed by atoms with Gasteiger partial charge in [-0.3, -0.25) is 9.78 Å². The molecule has 1 aromatic carbocycles. The number of aromatic nitrogens is 1. The summed E-state index contributed by atoms with van der Waals surface area (Å²) in [6.07, 6.45) is 12.7. The summed E-state index contributed by atoms with van der Waals surface area (Å²) in [5, 5.41) is 0.523. The molecule has 5 heteroatoms. The zero-order valence-electron chi connectivity index (χ0n) is 18.3. The van der Waals surface area contributed by atoms with Gasteiger partial charge in [-0.05, 0) is 61.6 Å². The lowest BCUT2D eigenvalue weighted by Crippen LogP contribution is -2.28. The maximum absolute atomic E-state index is 14.0. The number of fused-ring (bicyclic) bond motifs is 1. The van der Waals surface area contributed by atoms with Crippen molar-refractivity contribution in [1.29, 1.82) is 0 Å². The number of halogens is 1. The van der Waals surface area contributed by atoms with Gasteiger partial charge in [-0.25, -0.2) is 4.39 Å². The van der Waals surface area contributed by atoms with Crippen LogP contribution in [0.25, 0.3) is 16.5 Å². The number of benzene rings is 1. The Morgan fingerprint density at radius 1 is 1.16 bits per heavy atom. The average molecular weight is 433 g/mol. The van der Waals surface area contributed by atoms with Gasteiger partial charge >= 0.3 is 0 Å². The van der Waals surface area contributed by atoms with Crippen LogP contribution in [0.3, 0.4) is 0 Å². The molecule has 1 aliphatic heterocycles. The summed E-state index contributed by atoms with van der Waals surface area (Å²) in [5.74, 6) is 0.126. The van der Waals surface area contributed by atoms with Crippen LogP contribution in [0.1, 0.15) is 62.1 Å². The number of carbonyl (C=O) groups is 1. The monoisotopic (exact) mass is 432 g/mol. The second-order valence-electron chi connectivity index (χ2n) is 9.03. The molecule has 32 heavy (non-hydrogen) atoms. The predicted molar refractivity (Wildman–Crippen MR) is 124 cm³/mol. The van der Waals surface area contributed by atoms with Crippen LogP contribution in [-0.2, 0) is 4.79 Å². The highest BCUT2D eigenvalue weighted by Gasteiger charge is 2.30. The van der Waals surface area contributed by atoms with Crippen molar-refractivity contribution in [3.05, 3.63) is 72.1 Å². The van der Waals surface area contributed by atoms with E-state index in [2.05, 4.69) is 16.1 Å². The number of nitrogens with zero attached hydrogens (tertiary/aromatic N) is 2. The molecule has 0 saturated heterocycles. The van der Waals surface area contributed by atoms with E-state index in [4.69, 9.17) is 4.42 Å². The fourth-order valence-electron chi connectivity index (χ4n) is 5.26. The molecule has 5 rings (SSSR count). The van der Waals surface area contributed by atoms with Gasteiger partial charge in [0.15, 0.2) is 0 Å². The molecule has 0 N–H and O–H groups in total. The highest BCUT2D eigenvalue weighted by Crippen LogP contribution is 2.34. The second kappa shape index (κ2) is 9.27. The van der Waals surface area contributed by atoms with Crippen LogP contribution in [-0.4, -0.2) is 28.8 Å². The first-order valence-electron chi connectivity index (χ1n) is 11.8. The van der Waals surface area contributed by atoms with E-state index < -0.39 is 0 Å². The maximum Gasteiger partial charge on any atom is 0.145 e. The van der Waals surface area contributed by atoms with Crippen molar-refractivity contribution >= 4 is 22.3 Å². The van der Waals surface area contributed by atoms with Gasteiger partial charge in [0.25, 0.3) is 0 Å². The number of pyridine rings is 1. The molecule has 0 bridgehead atoms. The number of rotatable bonds is 7. The molecule has 1 fully saturated rings. The van der Waals surface area contributed by atoms with Gasteiger partial charge < -0.3 is 9.32 Å². The minimum Gasteiger partial charge on any atom is -0.464 e. The lowest BCUT2D eigenvalue weighted by atomic mass is 9.79. The second-order valence-corrected chi connectivity index (χ2v) is 9.03. The number of hydrogen-bond acceptors (Lipinski definition) is 4. The van der Waals surface area contributed by atoms with Crippen molar-refractivity contribution in [1.82, 2.24) is 9.88 Å². The Morgan fingerprint density at radius 3 is 2.84 bits per heavy atom. The molecule has 0 spiro atoms. The predicted octanol–water partition coefficient (Wildman–Crippen LogP) is 6.34. The van der Waals surface area contributed by atoms with Crippen LogP contribution in [0.2, 0.25) is 0 Å². The highest BCUT2D eigenvalue weighted by atomic mass is 19.1. The third-order valence-corrected chi connectivity index (χ3v) is 7.02. The van der Waals surface area contributed by atoms with Crippen molar-refractivity contribution in [2.45, 2.75) is 50.9 Å². The molecule has 166 valence electrons. The number of furan rings is 1. The molecule has 1 atom stereocenters. The van der Waals surface area contributed by atoms with Gasteiger partial charge in [0.05, 0.1) is 23.3 Å². The van der Waals surface area contributed by atoms with E-state index in [9.17, 15) is 9.18 Å². The minimum absolute atomic E-state index is 0.153. The quantitative estimate of drug-likeness (QED) is 0.437. The van der Waals surface area contributed by atoms with Crippen LogP contribution in [0, 0.1) is 11.7 Å². The van der Waals surface area contributed by atoms with E-state index in [1.807, 2.05) is 18.2 Å². The fourth-order valence-corrected chi connectivity index (χ4v) is 5.26. The van der Waals surface area contributed by atoms with Crippen LogP contribution in [0.15, 0.2) is 59.5 Å². The molecule has 1 unspecified atom stereocenters. The Bertz CT molecular complexity index is 1120. The summed E-state index contributed by atoms with van der Waals surface area (Å²) in [6.45, 7) is 1.69. The molecule has 0 amide bonds. The summed E-state index contributed by atoms with van der Waals surface area (Å²) in [6, 6.07) is 10.9. The van der Waals surface area contributed by atoms with E-state index >= 15 is 0 Å². The lowest BCUT2D eigenvalue weighted by Gasteiger charge is -2.26. The number of hydrogen-bond donors (Lipinski definition) is 0. The Balaban J connectivity index is 1.32. The first kappa shape index (κ1) is 20.9. The largest absolute Gasteiger partial charge is 0.464 e. The Kier molecular flexibility index (Phi) is 6.06. The Labute approximate surface area is 188 Å². The van der Waals surface area contributed by atoms with Crippen LogP contribution in [0.5, 0.6) is 0 Å². The molecule has 4 nitrogen and oxygen atoms in total. The first-order valence-corrected chi connectivity index (χ1v) is 11.8. The van der Waals surface area contributed by atoms with E-state index in [0.29, 0.717) is 16.8 Å². The smallest absolute Gasteiger partial charge is 0.145 e. The maximum atomic E-state index is 14.0.